The summed E-state index contributed by atoms with van der Waals surface area (Å²) in [6.45, 7) is 16.6. The highest BCUT2D eigenvalue weighted by Gasteiger charge is 2.37. The van der Waals surface area contributed by atoms with Crippen molar-refractivity contribution in [2.75, 3.05) is 13.1 Å². The zero-order chi connectivity index (χ0) is 28.7. The van der Waals surface area contributed by atoms with Crippen LogP contribution in [0.5, 0.6) is 0 Å². The number of carbonyl (C=O) groups excluding carboxylic acids is 3. The number of nitrogens with zero attached hydrogens (tertiary/aromatic N) is 1. The van der Waals surface area contributed by atoms with Crippen LogP contribution in [-0.2, 0) is 14.3 Å². The highest BCUT2D eigenvalue weighted by molar-refractivity contribution is 5.92. The summed E-state index contributed by atoms with van der Waals surface area (Å²) in [5, 5.41) is 5.91. The van der Waals surface area contributed by atoms with Crippen molar-refractivity contribution in [3.05, 3.63) is 35.4 Å². The van der Waals surface area contributed by atoms with Crippen LogP contribution >= 0.6 is 0 Å². The van der Waals surface area contributed by atoms with E-state index in [1.54, 1.807) is 25.7 Å². The van der Waals surface area contributed by atoms with Crippen LogP contribution in [-0.4, -0.2) is 47.5 Å². The molecular weight excluding hydrogens is 478 g/mol. The minimum absolute atomic E-state index is 0.139. The highest BCUT2D eigenvalue weighted by Crippen LogP contribution is 2.26. The summed E-state index contributed by atoms with van der Waals surface area (Å²) >= 11 is 0. The number of nitrogens with one attached hydrogen (secondary N) is 2. The van der Waals surface area contributed by atoms with Gasteiger partial charge in [-0.25, -0.2) is 4.79 Å². The van der Waals surface area contributed by atoms with Crippen LogP contribution < -0.4 is 10.6 Å². The molecule has 0 aliphatic rings. The van der Waals surface area contributed by atoms with Crippen molar-refractivity contribution in [3.63, 3.8) is 0 Å². The average molecular weight is 532 g/mol. The molecule has 0 fully saturated rings. The van der Waals surface area contributed by atoms with Crippen molar-refractivity contribution in [1.29, 1.82) is 0 Å². The first-order chi connectivity index (χ1) is 17.9. The Kier molecular flexibility index (Phi) is 15.1. The molecule has 0 saturated carbocycles. The first kappa shape index (κ1) is 33.5. The second-order valence-corrected chi connectivity index (χ2v) is 11.4. The van der Waals surface area contributed by atoms with Crippen molar-refractivity contribution in [1.82, 2.24) is 15.5 Å². The van der Waals surface area contributed by atoms with E-state index in [1.807, 2.05) is 45.0 Å². The number of hydrogen-bond acceptors (Lipinski definition) is 4. The molecule has 0 saturated heterocycles. The molecule has 3 amide bonds. The molecule has 3 atom stereocenters. The predicted octanol–water partition coefficient (Wildman–Crippen LogP) is 6.69. The molecule has 7 nitrogen and oxygen atoms in total. The number of unbranched alkanes of at least 4 members (excludes halogenated alkanes) is 5. The lowest BCUT2D eigenvalue weighted by atomic mass is 9.95. The normalized spacial score (nSPS) is 13.8. The second kappa shape index (κ2) is 17.1. The molecule has 0 bridgehead atoms. The lowest BCUT2D eigenvalue weighted by Gasteiger charge is -2.36. The minimum Gasteiger partial charge on any atom is -0.444 e. The van der Waals surface area contributed by atoms with Crippen molar-refractivity contribution >= 4 is 17.9 Å². The van der Waals surface area contributed by atoms with E-state index in [0.29, 0.717) is 19.5 Å². The number of carbonyl (C=O) groups is 3. The van der Waals surface area contributed by atoms with E-state index in [0.717, 1.165) is 56.1 Å². The topological polar surface area (TPSA) is 87.7 Å². The first-order valence-electron chi connectivity index (χ1n) is 14.6. The average Bonchev–Trinajstić information content (AvgIpc) is 2.86. The third-order valence-corrected chi connectivity index (χ3v) is 6.72. The Balaban J connectivity index is 3.43. The van der Waals surface area contributed by atoms with E-state index < -0.39 is 23.8 Å². The molecular formula is C31H53N3O4. The van der Waals surface area contributed by atoms with Gasteiger partial charge in [0.2, 0.25) is 11.8 Å². The monoisotopic (exact) mass is 531 g/mol. The highest BCUT2D eigenvalue weighted by atomic mass is 16.6. The lowest BCUT2D eigenvalue weighted by Crippen LogP contribution is -2.55. The van der Waals surface area contributed by atoms with Gasteiger partial charge in [-0.05, 0) is 52.0 Å². The molecule has 0 spiro atoms. The maximum absolute atomic E-state index is 14.2. The fourth-order valence-electron chi connectivity index (χ4n) is 4.28. The van der Waals surface area contributed by atoms with Crippen LogP contribution in [0, 0.1) is 12.8 Å². The maximum atomic E-state index is 14.2. The van der Waals surface area contributed by atoms with Crippen molar-refractivity contribution in [3.8, 4) is 0 Å². The number of aryl methyl sites for hydroxylation is 1. The number of rotatable bonds is 16. The van der Waals surface area contributed by atoms with Crippen molar-refractivity contribution < 1.29 is 19.1 Å². The molecule has 2 N–H and O–H groups in total. The van der Waals surface area contributed by atoms with Crippen LogP contribution in [0.3, 0.4) is 0 Å². The van der Waals surface area contributed by atoms with E-state index in [-0.39, 0.29) is 17.7 Å². The quantitative estimate of drug-likeness (QED) is 0.233. The second-order valence-electron chi connectivity index (χ2n) is 11.4. The van der Waals surface area contributed by atoms with E-state index in [9.17, 15) is 14.4 Å². The number of benzene rings is 1. The maximum Gasteiger partial charge on any atom is 0.408 e. The zero-order valence-corrected chi connectivity index (χ0v) is 25.2. The summed E-state index contributed by atoms with van der Waals surface area (Å²) in [7, 11) is 0. The molecule has 0 aromatic heterocycles. The van der Waals surface area contributed by atoms with Crippen LogP contribution in [0.2, 0.25) is 0 Å². The third-order valence-electron chi connectivity index (χ3n) is 6.72. The van der Waals surface area contributed by atoms with E-state index in [2.05, 4.69) is 24.5 Å². The summed E-state index contributed by atoms with van der Waals surface area (Å²) in [6, 6.07) is 6.21. The summed E-state index contributed by atoms with van der Waals surface area (Å²) < 4.78 is 5.49. The molecule has 1 aromatic carbocycles. The Labute approximate surface area is 231 Å². The molecule has 3 unspecified atom stereocenters. The summed E-state index contributed by atoms with van der Waals surface area (Å²) in [4.78, 5) is 42.4. The molecule has 7 heteroatoms. The largest absolute Gasteiger partial charge is 0.444 e. The van der Waals surface area contributed by atoms with E-state index >= 15 is 0 Å². The fraction of sp³-hybridized carbons (Fsp3) is 0.710. The van der Waals surface area contributed by atoms with Gasteiger partial charge in [-0.2, -0.15) is 0 Å². The predicted molar refractivity (Wildman–Crippen MR) is 155 cm³/mol. The zero-order valence-electron chi connectivity index (χ0n) is 25.2. The summed E-state index contributed by atoms with van der Waals surface area (Å²) in [5.41, 5.74) is 1.17. The Bertz CT molecular complexity index is 848. The number of amides is 3. The molecule has 0 heterocycles. The van der Waals surface area contributed by atoms with Crippen molar-refractivity contribution in [2.45, 2.75) is 124 Å². The van der Waals surface area contributed by atoms with Crippen molar-refractivity contribution in [2.24, 2.45) is 5.92 Å². The van der Waals surface area contributed by atoms with Gasteiger partial charge in [-0.3, -0.25) is 9.59 Å². The van der Waals surface area contributed by atoms with Gasteiger partial charge in [0.05, 0.1) is 0 Å². The fourth-order valence-corrected chi connectivity index (χ4v) is 4.28. The van der Waals surface area contributed by atoms with E-state index in [4.69, 9.17) is 4.74 Å². The SMILES string of the molecule is CCCCCCN(C(=O)C(NC(=O)OC(C)(C)C)C(C)CC)C(C(=O)NCCCCC)c1ccc(C)cc1. The molecule has 1 aromatic rings. The summed E-state index contributed by atoms with van der Waals surface area (Å²) in [5.74, 6) is -0.579. The molecule has 0 aliphatic carbocycles. The molecule has 38 heavy (non-hydrogen) atoms. The Morgan fingerprint density at radius 1 is 0.921 bits per heavy atom. The van der Waals surface area contributed by atoms with Gasteiger partial charge in [0, 0.05) is 13.1 Å². The standard InChI is InChI=1S/C31H53N3O4/c1-9-12-14-16-22-34(29(36)26(24(5)11-3)33-30(37)38-31(6,7)8)27(25-19-17-23(4)18-20-25)28(35)32-21-15-13-10-2/h17-20,24,26-27H,9-16,21-22H2,1-8H3,(H,32,35)(H,33,37). The van der Waals surface area contributed by atoms with Crippen LogP contribution in [0.1, 0.15) is 117 Å². The first-order valence-corrected chi connectivity index (χ1v) is 14.6. The lowest BCUT2D eigenvalue weighted by molar-refractivity contribution is -0.143. The number of ether oxygens (including phenoxy) is 1. The minimum atomic E-state index is -0.804. The Morgan fingerprint density at radius 2 is 1.53 bits per heavy atom. The van der Waals surface area contributed by atoms with Gasteiger partial charge in [0.15, 0.2) is 0 Å². The molecule has 0 aliphatic heterocycles. The number of alkyl carbamates (subject to hydrolysis) is 1. The van der Waals surface area contributed by atoms with Gasteiger partial charge in [-0.1, -0.05) is 96.0 Å². The van der Waals surface area contributed by atoms with Gasteiger partial charge < -0.3 is 20.3 Å². The smallest absolute Gasteiger partial charge is 0.408 e. The molecule has 1 rings (SSSR count). The van der Waals surface area contributed by atoms with Gasteiger partial charge in [0.1, 0.15) is 17.7 Å². The van der Waals surface area contributed by atoms with Crippen LogP contribution in [0.4, 0.5) is 4.79 Å². The van der Waals surface area contributed by atoms with Gasteiger partial charge in [0.25, 0.3) is 0 Å². The van der Waals surface area contributed by atoms with Gasteiger partial charge >= 0.3 is 6.09 Å². The van der Waals surface area contributed by atoms with Crippen LogP contribution in [0.15, 0.2) is 24.3 Å². The Morgan fingerprint density at radius 3 is 2.08 bits per heavy atom. The van der Waals surface area contributed by atoms with E-state index in [1.165, 1.54) is 0 Å². The third kappa shape index (κ3) is 11.9. The van der Waals surface area contributed by atoms with Crippen LogP contribution in [0.25, 0.3) is 0 Å². The molecule has 0 radical (unpaired) electrons. The van der Waals surface area contributed by atoms with Gasteiger partial charge in [-0.15, -0.1) is 0 Å². The number of hydrogen-bond donors (Lipinski definition) is 2. The Hall–Kier alpha value is -2.57. The summed E-state index contributed by atoms with van der Waals surface area (Å²) in [6.07, 6.45) is 6.93. The molecule has 216 valence electrons.